The van der Waals surface area contributed by atoms with E-state index in [0.29, 0.717) is 16.0 Å². The van der Waals surface area contributed by atoms with Crippen LogP contribution in [0.5, 0.6) is 0 Å². The summed E-state index contributed by atoms with van der Waals surface area (Å²) in [6.45, 7) is 4.07. The molecule has 0 fully saturated rings. The zero-order valence-electron chi connectivity index (χ0n) is 12.3. The van der Waals surface area contributed by atoms with Gasteiger partial charge in [0, 0.05) is 5.92 Å². The first-order chi connectivity index (χ1) is 10.5. The molecule has 0 aliphatic rings. The van der Waals surface area contributed by atoms with Crippen molar-refractivity contribution >= 4 is 27.7 Å². The molecule has 3 rings (SSSR count). The Hall–Kier alpha value is -2.28. The molecule has 0 radical (unpaired) electrons. The molecular formula is C15H14FN3O2S. The summed E-state index contributed by atoms with van der Waals surface area (Å²) in [7, 11) is 1.31. The average molecular weight is 319 g/mol. The first-order valence-electron chi connectivity index (χ1n) is 6.75. The maximum Gasteiger partial charge on any atom is 0.360 e. The van der Waals surface area contributed by atoms with Crippen molar-refractivity contribution in [3.8, 4) is 5.69 Å². The fourth-order valence-electron chi connectivity index (χ4n) is 2.06. The standard InChI is InChI=1S/C15H14FN3O2S/c1-8(2)14-17-13-12(22-14)11(15(20)21-3)18-19(13)10-6-4-9(16)5-7-10/h4-8H,1-3H3. The molecule has 1 aromatic carbocycles. The number of carbonyl (C=O) groups excluding carboxylic acids is 1. The summed E-state index contributed by atoms with van der Waals surface area (Å²) < 4.78 is 20.1. The van der Waals surface area contributed by atoms with Crippen LogP contribution in [0.1, 0.15) is 35.3 Å². The Morgan fingerprint density at radius 3 is 2.59 bits per heavy atom. The molecular weight excluding hydrogens is 305 g/mol. The van der Waals surface area contributed by atoms with Gasteiger partial charge in [-0.25, -0.2) is 18.9 Å². The van der Waals surface area contributed by atoms with Crippen LogP contribution in [-0.2, 0) is 4.74 Å². The fraction of sp³-hybridized carbons (Fsp3) is 0.267. The number of methoxy groups -OCH3 is 1. The van der Waals surface area contributed by atoms with Gasteiger partial charge < -0.3 is 4.74 Å². The summed E-state index contributed by atoms with van der Waals surface area (Å²) in [6.07, 6.45) is 0. The Kier molecular flexibility index (Phi) is 3.66. The molecule has 0 bridgehead atoms. The second-order valence-electron chi connectivity index (χ2n) is 5.09. The van der Waals surface area contributed by atoms with Crippen molar-refractivity contribution in [1.29, 1.82) is 0 Å². The van der Waals surface area contributed by atoms with Crippen LogP contribution in [0.15, 0.2) is 24.3 Å². The Morgan fingerprint density at radius 1 is 1.32 bits per heavy atom. The maximum atomic E-state index is 13.1. The van der Waals surface area contributed by atoms with E-state index in [1.54, 1.807) is 16.8 Å². The van der Waals surface area contributed by atoms with Crippen LogP contribution in [0, 0.1) is 5.82 Å². The van der Waals surface area contributed by atoms with Crippen molar-refractivity contribution in [2.45, 2.75) is 19.8 Å². The Morgan fingerprint density at radius 2 is 2.00 bits per heavy atom. The summed E-state index contributed by atoms with van der Waals surface area (Å²) in [6, 6.07) is 5.88. The number of hydrogen-bond donors (Lipinski definition) is 0. The number of nitrogens with zero attached hydrogens (tertiary/aromatic N) is 3. The lowest BCUT2D eigenvalue weighted by Crippen LogP contribution is -2.05. The molecule has 0 spiro atoms. The minimum Gasteiger partial charge on any atom is -0.464 e. The van der Waals surface area contributed by atoms with E-state index in [0.717, 1.165) is 5.01 Å². The van der Waals surface area contributed by atoms with E-state index >= 15 is 0 Å². The minimum atomic E-state index is -0.509. The zero-order chi connectivity index (χ0) is 15.9. The number of hydrogen-bond acceptors (Lipinski definition) is 5. The predicted octanol–water partition coefficient (Wildman–Crippen LogP) is 3.53. The van der Waals surface area contributed by atoms with Gasteiger partial charge in [-0.2, -0.15) is 5.10 Å². The molecule has 5 nitrogen and oxygen atoms in total. The molecule has 22 heavy (non-hydrogen) atoms. The van der Waals surface area contributed by atoms with Crippen LogP contribution in [0.2, 0.25) is 0 Å². The molecule has 0 N–H and O–H groups in total. The van der Waals surface area contributed by atoms with E-state index in [-0.39, 0.29) is 17.4 Å². The number of halogens is 1. The highest BCUT2D eigenvalue weighted by atomic mass is 32.1. The van der Waals surface area contributed by atoms with Crippen molar-refractivity contribution in [2.24, 2.45) is 0 Å². The molecule has 0 unspecified atom stereocenters. The normalized spacial score (nSPS) is 11.3. The molecule has 0 aliphatic heterocycles. The van der Waals surface area contributed by atoms with E-state index < -0.39 is 5.97 Å². The van der Waals surface area contributed by atoms with Crippen molar-refractivity contribution in [2.75, 3.05) is 7.11 Å². The molecule has 2 aromatic heterocycles. The number of benzene rings is 1. The van der Waals surface area contributed by atoms with Gasteiger partial charge in [-0.05, 0) is 24.3 Å². The van der Waals surface area contributed by atoms with Gasteiger partial charge in [0.25, 0.3) is 0 Å². The number of thiazole rings is 1. The van der Waals surface area contributed by atoms with Crippen LogP contribution in [0.25, 0.3) is 16.0 Å². The molecule has 7 heteroatoms. The van der Waals surface area contributed by atoms with Crippen molar-refractivity contribution in [3.05, 3.63) is 40.8 Å². The van der Waals surface area contributed by atoms with Gasteiger partial charge in [0.2, 0.25) is 0 Å². The summed E-state index contributed by atoms with van der Waals surface area (Å²) in [4.78, 5) is 16.5. The maximum absolute atomic E-state index is 13.1. The quantitative estimate of drug-likeness (QED) is 0.693. The molecule has 114 valence electrons. The fourth-order valence-corrected chi connectivity index (χ4v) is 3.08. The van der Waals surface area contributed by atoms with E-state index in [1.807, 2.05) is 13.8 Å². The highest BCUT2D eigenvalue weighted by molar-refractivity contribution is 7.19. The van der Waals surface area contributed by atoms with E-state index in [9.17, 15) is 9.18 Å². The van der Waals surface area contributed by atoms with Crippen LogP contribution >= 0.6 is 11.3 Å². The Balaban J connectivity index is 2.24. The number of fused-ring (bicyclic) bond motifs is 1. The monoisotopic (exact) mass is 319 g/mol. The SMILES string of the molecule is COC(=O)c1nn(-c2ccc(F)cc2)c2nc(C(C)C)sc12. The second-order valence-corrected chi connectivity index (χ2v) is 6.12. The molecule has 3 aromatic rings. The lowest BCUT2D eigenvalue weighted by molar-refractivity contribution is 0.0596. The third kappa shape index (κ3) is 2.37. The van der Waals surface area contributed by atoms with Crippen LogP contribution in [-0.4, -0.2) is 27.8 Å². The molecule has 0 saturated heterocycles. The van der Waals surface area contributed by atoms with Crippen molar-refractivity contribution < 1.29 is 13.9 Å². The van der Waals surface area contributed by atoms with Gasteiger partial charge >= 0.3 is 5.97 Å². The largest absolute Gasteiger partial charge is 0.464 e. The van der Waals surface area contributed by atoms with Crippen molar-refractivity contribution in [1.82, 2.24) is 14.8 Å². The summed E-state index contributed by atoms with van der Waals surface area (Å²) in [5.74, 6) is -0.601. The van der Waals surface area contributed by atoms with Gasteiger partial charge in [-0.15, -0.1) is 11.3 Å². The summed E-state index contributed by atoms with van der Waals surface area (Å²) in [5.41, 5.74) is 1.45. The molecule has 0 atom stereocenters. The lowest BCUT2D eigenvalue weighted by Gasteiger charge is -2.02. The first-order valence-corrected chi connectivity index (χ1v) is 7.56. The highest BCUT2D eigenvalue weighted by Gasteiger charge is 2.23. The number of esters is 1. The van der Waals surface area contributed by atoms with Gasteiger partial charge in [0.05, 0.1) is 17.8 Å². The van der Waals surface area contributed by atoms with Gasteiger partial charge in [0.1, 0.15) is 10.5 Å². The second kappa shape index (κ2) is 5.49. The first kappa shape index (κ1) is 14.6. The molecule has 0 aliphatic carbocycles. The zero-order valence-corrected chi connectivity index (χ0v) is 13.1. The summed E-state index contributed by atoms with van der Waals surface area (Å²) >= 11 is 1.42. The molecule has 2 heterocycles. The Bertz CT molecular complexity index is 836. The predicted molar refractivity (Wildman–Crippen MR) is 82.1 cm³/mol. The minimum absolute atomic E-state index is 0.228. The number of aromatic nitrogens is 3. The molecule has 0 saturated carbocycles. The van der Waals surface area contributed by atoms with E-state index in [1.165, 1.54) is 30.6 Å². The highest BCUT2D eigenvalue weighted by Crippen LogP contribution is 2.31. The number of carbonyl (C=O) groups is 1. The van der Waals surface area contributed by atoms with E-state index in [2.05, 4.69) is 10.1 Å². The third-order valence-corrected chi connectivity index (χ3v) is 4.54. The average Bonchev–Trinajstić information content (AvgIpc) is 3.06. The van der Waals surface area contributed by atoms with Crippen LogP contribution in [0.3, 0.4) is 0 Å². The topological polar surface area (TPSA) is 57.0 Å². The lowest BCUT2D eigenvalue weighted by atomic mass is 10.2. The summed E-state index contributed by atoms with van der Waals surface area (Å²) in [5, 5.41) is 5.20. The van der Waals surface area contributed by atoms with E-state index in [4.69, 9.17) is 4.74 Å². The Labute approximate surface area is 130 Å². The van der Waals surface area contributed by atoms with Gasteiger partial charge in [-0.1, -0.05) is 13.8 Å². The third-order valence-electron chi connectivity index (χ3n) is 3.19. The smallest absolute Gasteiger partial charge is 0.360 e. The van der Waals surface area contributed by atoms with Crippen LogP contribution < -0.4 is 0 Å². The van der Waals surface area contributed by atoms with Crippen molar-refractivity contribution in [3.63, 3.8) is 0 Å². The van der Waals surface area contributed by atoms with Gasteiger partial charge in [0.15, 0.2) is 11.3 Å². The van der Waals surface area contributed by atoms with Crippen LogP contribution in [0.4, 0.5) is 4.39 Å². The molecule has 0 amide bonds. The number of rotatable bonds is 3. The number of ether oxygens (including phenoxy) is 1. The van der Waals surface area contributed by atoms with Gasteiger partial charge in [-0.3, -0.25) is 0 Å².